The highest BCUT2D eigenvalue weighted by Crippen LogP contribution is 2.27. The summed E-state index contributed by atoms with van der Waals surface area (Å²) in [6.45, 7) is 0.684. The fourth-order valence-electron chi connectivity index (χ4n) is 3.65. The van der Waals surface area contributed by atoms with Gasteiger partial charge in [0.2, 0.25) is 0 Å². The molecule has 0 unspecified atom stereocenters. The number of H-pyrrole nitrogens is 1. The lowest BCUT2D eigenvalue weighted by Crippen LogP contribution is -2.38. The number of aromatic nitrogens is 2. The monoisotopic (exact) mass is 367 g/mol. The highest BCUT2D eigenvalue weighted by Gasteiger charge is 2.31. The van der Waals surface area contributed by atoms with Crippen LogP contribution < -0.4 is 5.56 Å². The second-order valence-electron chi connectivity index (χ2n) is 6.54. The lowest BCUT2D eigenvalue weighted by Gasteiger charge is -2.25. The molecular formula is C20H18ClN3O2. The van der Waals surface area contributed by atoms with Crippen LogP contribution in [0.5, 0.6) is 0 Å². The topological polar surface area (TPSA) is 66.1 Å². The van der Waals surface area contributed by atoms with E-state index >= 15 is 0 Å². The first-order chi connectivity index (χ1) is 12.6. The molecule has 132 valence electrons. The number of hydrogen-bond acceptors (Lipinski definition) is 3. The Hall–Kier alpha value is -2.66. The normalized spacial score (nSPS) is 17.0. The lowest BCUT2D eigenvalue weighted by molar-refractivity contribution is 0.0731. The van der Waals surface area contributed by atoms with Crippen molar-refractivity contribution >= 4 is 28.3 Å². The Kier molecular flexibility index (Phi) is 4.47. The van der Waals surface area contributed by atoms with E-state index in [-0.39, 0.29) is 17.5 Å². The molecule has 0 saturated carbocycles. The smallest absolute Gasteiger partial charge is 0.275 e. The second kappa shape index (κ2) is 6.92. The minimum atomic E-state index is -0.286. The highest BCUT2D eigenvalue weighted by molar-refractivity contribution is 6.31. The standard InChI is InChI=1S/C20H18ClN3O2/c21-17-10-4-1-6-13(17)12-14-7-5-11-24(14)20(26)18-15-8-2-3-9-16(15)19(25)23-22-18/h1-4,6,8-10,14H,5,7,11-12H2,(H,23,25)/t14-/m0/s1. The molecule has 26 heavy (non-hydrogen) atoms. The van der Waals surface area contributed by atoms with Gasteiger partial charge in [0.25, 0.3) is 11.5 Å². The number of carbonyl (C=O) groups excluding carboxylic acids is 1. The summed E-state index contributed by atoms with van der Waals surface area (Å²) in [6.07, 6.45) is 2.59. The quantitative estimate of drug-likeness (QED) is 0.771. The Morgan fingerprint density at radius 1 is 1.15 bits per heavy atom. The maximum Gasteiger partial charge on any atom is 0.275 e. The molecule has 1 aliphatic heterocycles. The largest absolute Gasteiger partial charge is 0.334 e. The van der Waals surface area contributed by atoms with Crippen LogP contribution in [-0.2, 0) is 6.42 Å². The van der Waals surface area contributed by atoms with Crippen molar-refractivity contribution in [3.05, 3.63) is 75.2 Å². The van der Waals surface area contributed by atoms with E-state index in [0.717, 1.165) is 23.4 Å². The van der Waals surface area contributed by atoms with E-state index in [0.29, 0.717) is 29.4 Å². The molecule has 1 aliphatic rings. The van der Waals surface area contributed by atoms with E-state index in [4.69, 9.17) is 11.6 Å². The van der Waals surface area contributed by atoms with Crippen molar-refractivity contribution in [2.75, 3.05) is 6.54 Å². The molecule has 2 heterocycles. The van der Waals surface area contributed by atoms with E-state index in [1.54, 1.807) is 18.2 Å². The van der Waals surface area contributed by atoms with E-state index in [2.05, 4.69) is 10.2 Å². The van der Waals surface area contributed by atoms with Crippen LogP contribution in [0, 0.1) is 0 Å². The number of aromatic amines is 1. The number of amides is 1. The number of halogens is 1. The van der Waals surface area contributed by atoms with Crippen molar-refractivity contribution in [2.45, 2.75) is 25.3 Å². The van der Waals surface area contributed by atoms with E-state index in [1.807, 2.05) is 35.2 Å². The van der Waals surface area contributed by atoms with Gasteiger partial charge in [-0.15, -0.1) is 0 Å². The Bertz CT molecular complexity index is 1030. The van der Waals surface area contributed by atoms with Crippen LogP contribution in [-0.4, -0.2) is 33.6 Å². The number of nitrogens with zero attached hydrogens (tertiary/aromatic N) is 2. The van der Waals surface area contributed by atoms with Gasteiger partial charge in [0.15, 0.2) is 5.69 Å². The van der Waals surface area contributed by atoms with Crippen molar-refractivity contribution in [1.82, 2.24) is 15.1 Å². The van der Waals surface area contributed by atoms with Gasteiger partial charge in [-0.05, 0) is 37.0 Å². The molecule has 1 atom stereocenters. The Balaban J connectivity index is 1.67. The van der Waals surface area contributed by atoms with E-state index in [1.165, 1.54) is 0 Å². The van der Waals surface area contributed by atoms with Crippen LogP contribution in [0.4, 0.5) is 0 Å². The molecule has 0 spiro atoms. The number of benzene rings is 2. The van der Waals surface area contributed by atoms with Crippen LogP contribution in [0.3, 0.4) is 0 Å². The maximum absolute atomic E-state index is 13.2. The molecule has 6 heteroatoms. The SMILES string of the molecule is O=C(c1n[nH]c(=O)c2ccccc12)N1CCC[C@H]1Cc1ccccc1Cl. The molecular weight excluding hydrogens is 350 g/mol. The Morgan fingerprint density at radius 2 is 1.88 bits per heavy atom. The zero-order valence-electron chi connectivity index (χ0n) is 14.1. The van der Waals surface area contributed by atoms with Crippen LogP contribution >= 0.6 is 11.6 Å². The summed E-state index contributed by atoms with van der Waals surface area (Å²) in [6, 6.07) is 14.9. The van der Waals surface area contributed by atoms with Crippen molar-refractivity contribution in [3.8, 4) is 0 Å². The second-order valence-corrected chi connectivity index (χ2v) is 6.94. The molecule has 1 N–H and O–H groups in total. The van der Waals surface area contributed by atoms with Crippen molar-refractivity contribution < 1.29 is 4.79 Å². The summed E-state index contributed by atoms with van der Waals surface area (Å²) in [5.74, 6) is -0.146. The summed E-state index contributed by atoms with van der Waals surface area (Å²) in [5, 5.41) is 8.29. The number of nitrogens with one attached hydrogen (secondary N) is 1. The molecule has 0 bridgehead atoms. The van der Waals surface area contributed by atoms with Crippen molar-refractivity contribution in [2.24, 2.45) is 0 Å². The number of hydrogen-bond donors (Lipinski definition) is 1. The van der Waals surface area contributed by atoms with E-state index < -0.39 is 0 Å². The van der Waals surface area contributed by atoms with Crippen LogP contribution in [0.15, 0.2) is 53.3 Å². The average molecular weight is 368 g/mol. The third kappa shape index (κ3) is 2.99. The first-order valence-electron chi connectivity index (χ1n) is 8.67. The molecule has 1 amide bonds. The van der Waals surface area contributed by atoms with Gasteiger partial charge in [-0.1, -0.05) is 48.0 Å². The minimum absolute atomic E-state index is 0.0786. The molecule has 2 aromatic carbocycles. The summed E-state index contributed by atoms with van der Waals surface area (Å²) in [5.41, 5.74) is 1.05. The molecule has 1 fully saturated rings. The van der Waals surface area contributed by atoms with Gasteiger partial charge in [0.05, 0.1) is 5.39 Å². The van der Waals surface area contributed by atoms with Gasteiger partial charge in [-0.2, -0.15) is 5.10 Å². The van der Waals surface area contributed by atoms with Gasteiger partial charge in [0.1, 0.15) is 0 Å². The van der Waals surface area contributed by atoms with Gasteiger partial charge < -0.3 is 4.90 Å². The van der Waals surface area contributed by atoms with Gasteiger partial charge in [-0.25, -0.2) is 5.10 Å². The van der Waals surface area contributed by atoms with Crippen molar-refractivity contribution in [1.29, 1.82) is 0 Å². The van der Waals surface area contributed by atoms with Crippen molar-refractivity contribution in [3.63, 3.8) is 0 Å². The fraction of sp³-hybridized carbons (Fsp3) is 0.250. The van der Waals surface area contributed by atoms with Gasteiger partial charge >= 0.3 is 0 Å². The number of carbonyl (C=O) groups is 1. The first kappa shape index (κ1) is 16.8. The van der Waals surface area contributed by atoms with Crippen LogP contribution in [0.1, 0.15) is 28.9 Å². The first-order valence-corrected chi connectivity index (χ1v) is 9.05. The predicted octanol–water partition coefficient (Wildman–Crippen LogP) is 3.42. The lowest BCUT2D eigenvalue weighted by atomic mass is 10.0. The molecule has 1 aromatic heterocycles. The van der Waals surface area contributed by atoms with Gasteiger partial charge in [0, 0.05) is 23.0 Å². The van der Waals surface area contributed by atoms with Crippen LogP contribution in [0.2, 0.25) is 5.02 Å². The third-order valence-electron chi connectivity index (χ3n) is 4.95. The molecule has 0 radical (unpaired) electrons. The Morgan fingerprint density at radius 3 is 2.69 bits per heavy atom. The summed E-state index contributed by atoms with van der Waals surface area (Å²) in [4.78, 5) is 27.0. The minimum Gasteiger partial charge on any atom is -0.334 e. The summed E-state index contributed by atoms with van der Waals surface area (Å²) in [7, 11) is 0. The average Bonchev–Trinajstić information content (AvgIpc) is 3.12. The predicted molar refractivity (Wildman–Crippen MR) is 102 cm³/mol. The number of likely N-dealkylation sites (tertiary alicyclic amines) is 1. The molecule has 0 aliphatic carbocycles. The molecule has 3 aromatic rings. The highest BCUT2D eigenvalue weighted by atomic mass is 35.5. The summed E-state index contributed by atoms with van der Waals surface area (Å²) >= 11 is 6.29. The van der Waals surface area contributed by atoms with Crippen LogP contribution in [0.25, 0.3) is 10.8 Å². The fourth-order valence-corrected chi connectivity index (χ4v) is 3.86. The third-order valence-corrected chi connectivity index (χ3v) is 5.32. The molecule has 1 saturated heterocycles. The maximum atomic E-state index is 13.2. The summed E-state index contributed by atoms with van der Waals surface area (Å²) < 4.78 is 0. The zero-order chi connectivity index (χ0) is 18.1. The molecule has 4 rings (SSSR count). The Labute approximate surface area is 155 Å². The van der Waals surface area contributed by atoms with E-state index in [9.17, 15) is 9.59 Å². The number of fused-ring (bicyclic) bond motifs is 1. The zero-order valence-corrected chi connectivity index (χ0v) is 14.9. The number of rotatable bonds is 3. The van der Waals surface area contributed by atoms with Gasteiger partial charge in [-0.3, -0.25) is 9.59 Å². The molecule has 5 nitrogen and oxygen atoms in total.